The molecule has 0 atom stereocenters. The van der Waals surface area contributed by atoms with E-state index in [2.05, 4.69) is 10.6 Å². The third-order valence-electron chi connectivity index (χ3n) is 3.00. The van der Waals surface area contributed by atoms with Gasteiger partial charge >= 0.3 is 0 Å². The summed E-state index contributed by atoms with van der Waals surface area (Å²) in [4.78, 5) is 11.7. The Bertz CT molecular complexity index is 506. The molecule has 2 N–H and O–H groups in total. The van der Waals surface area contributed by atoms with Gasteiger partial charge in [0.25, 0.3) is 0 Å². The Morgan fingerprint density at radius 1 is 1.39 bits per heavy atom. The maximum atomic E-state index is 13.3. The molecule has 3 nitrogen and oxygen atoms in total. The zero-order valence-electron chi connectivity index (χ0n) is 10.0. The maximum absolute atomic E-state index is 13.3. The van der Waals surface area contributed by atoms with Crippen LogP contribution in [0.2, 0.25) is 0 Å². The topological polar surface area (TPSA) is 41.1 Å². The standard InChI is InChI=1S/C13H14F2N2O/c1-8(10-5-16-6-10)13(18)17-7-9-2-3-11(14)4-12(9)15/h2-4,16H,5-7H2,1H3,(H,17,18). The first-order chi connectivity index (χ1) is 8.58. The molecule has 1 fully saturated rings. The molecule has 2 rings (SSSR count). The minimum absolute atomic E-state index is 0.0585. The first-order valence-corrected chi connectivity index (χ1v) is 5.69. The van der Waals surface area contributed by atoms with Gasteiger partial charge in [-0.1, -0.05) is 6.07 Å². The summed E-state index contributed by atoms with van der Waals surface area (Å²) < 4.78 is 26.0. The monoisotopic (exact) mass is 252 g/mol. The smallest absolute Gasteiger partial charge is 0.247 e. The normalized spacial score (nSPS) is 14.1. The summed E-state index contributed by atoms with van der Waals surface area (Å²) >= 11 is 0. The van der Waals surface area contributed by atoms with Crippen LogP contribution in [0.25, 0.3) is 0 Å². The van der Waals surface area contributed by atoms with E-state index in [0.717, 1.165) is 24.7 Å². The van der Waals surface area contributed by atoms with Crippen molar-refractivity contribution in [2.24, 2.45) is 0 Å². The lowest BCUT2D eigenvalue weighted by molar-refractivity contribution is -0.117. The second kappa shape index (κ2) is 5.27. The molecule has 0 aliphatic carbocycles. The predicted octanol–water partition coefficient (Wildman–Crippen LogP) is 1.50. The predicted molar refractivity (Wildman–Crippen MR) is 63.8 cm³/mol. The average molecular weight is 252 g/mol. The SMILES string of the molecule is CC(C(=O)NCc1ccc(F)cc1F)=C1CNC1. The van der Waals surface area contributed by atoms with Crippen molar-refractivity contribution < 1.29 is 13.6 Å². The summed E-state index contributed by atoms with van der Waals surface area (Å²) in [6.07, 6.45) is 0. The minimum Gasteiger partial charge on any atom is -0.348 e. The van der Waals surface area contributed by atoms with E-state index >= 15 is 0 Å². The summed E-state index contributed by atoms with van der Waals surface area (Å²) in [6.45, 7) is 3.25. The molecule has 1 aliphatic heterocycles. The van der Waals surface area contributed by atoms with E-state index < -0.39 is 11.6 Å². The number of carbonyl (C=O) groups is 1. The van der Waals surface area contributed by atoms with Crippen LogP contribution >= 0.6 is 0 Å². The Kier molecular flexibility index (Phi) is 3.72. The van der Waals surface area contributed by atoms with Gasteiger partial charge in [-0.15, -0.1) is 0 Å². The highest BCUT2D eigenvalue weighted by atomic mass is 19.1. The lowest BCUT2D eigenvalue weighted by Crippen LogP contribution is -2.37. The van der Waals surface area contributed by atoms with Gasteiger partial charge in [-0.3, -0.25) is 4.79 Å². The quantitative estimate of drug-likeness (QED) is 0.800. The van der Waals surface area contributed by atoms with Crippen molar-refractivity contribution in [3.05, 3.63) is 46.5 Å². The molecule has 0 unspecified atom stereocenters. The lowest BCUT2D eigenvalue weighted by Gasteiger charge is -2.21. The van der Waals surface area contributed by atoms with E-state index in [-0.39, 0.29) is 18.0 Å². The highest BCUT2D eigenvalue weighted by molar-refractivity contribution is 5.93. The molecule has 0 bridgehead atoms. The summed E-state index contributed by atoms with van der Waals surface area (Å²) in [5.41, 5.74) is 2.00. The minimum atomic E-state index is -0.647. The van der Waals surface area contributed by atoms with Crippen LogP contribution in [0.5, 0.6) is 0 Å². The molecule has 1 heterocycles. The number of rotatable bonds is 3. The first kappa shape index (κ1) is 12.7. The molecule has 1 aliphatic rings. The number of benzene rings is 1. The highest BCUT2D eigenvalue weighted by Gasteiger charge is 2.16. The molecule has 96 valence electrons. The Hall–Kier alpha value is -1.75. The van der Waals surface area contributed by atoms with Crippen molar-refractivity contribution in [3.63, 3.8) is 0 Å². The Balaban J connectivity index is 1.97. The van der Waals surface area contributed by atoms with Gasteiger partial charge in [0, 0.05) is 36.8 Å². The molecular formula is C13H14F2N2O. The Labute approximate surface area is 104 Å². The second-order valence-electron chi connectivity index (χ2n) is 4.25. The molecule has 1 aromatic carbocycles. The number of carbonyl (C=O) groups excluding carboxylic acids is 1. The van der Waals surface area contributed by atoms with Crippen LogP contribution < -0.4 is 10.6 Å². The van der Waals surface area contributed by atoms with Gasteiger partial charge in [0.15, 0.2) is 0 Å². The molecule has 0 saturated carbocycles. The van der Waals surface area contributed by atoms with Crippen LogP contribution in [-0.2, 0) is 11.3 Å². The first-order valence-electron chi connectivity index (χ1n) is 5.69. The van der Waals surface area contributed by atoms with E-state index in [1.807, 2.05) is 0 Å². The summed E-state index contributed by atoms with van der Waals surface area (Å²) in [7, 11) is 0. The molecule has 18 heavy (non-hydrogen) atoms. The van der Waals surface area contributed by atoms with Gasteiger partial charge < -0.3 is 10.6 Å². The molecule has 1 amide bonds. The number of halogens is 2. The van der Waals surface area contributed by atoms with Crippen LogP contribution in [0.1, 0.15) is 12.5 Å². The highest BCUT2D eigenvalue weighted by Crippen LogP contribution is 2.11. The molecule has 1 aromatic rings. The van der Waals surface area contributed by atoms with Crippen LogP contribution in [0.3, 0.4) is 0 Å². The third kappa shape index (κ3) is 2.73. The van der Waals surface area contributed by atoms with Crippen molar-refractivity contribution in [1.29, 1.82) is 0 Å². The largest absolute Gasteiger partial charge is 0.348 e. The van der Waals surface area contributed by atoms with E-state index in [9.17, 15) is 13.6 Å². The average Bonchev–Trinajstić information content (AvgIpc) is 2.25. The van der Waals surface area contributed by atoms with Crippen molar-refractivity contribution in [3.8, 4) is 0 Å². The van der Waals surface area contributed by atoms with Crippen LogP contribution in [0.15, 0.2) is 29.3 Å². The van der Waals surface area contributed by atoms with Gasteiger partial charge in [-0.05, 0) is 18.6 Å². The number of hydrogen-bond acceptors (Lipinski definition) is 2. The Morgan fingerprint density at radius 3 is 2.67 bits per heavy atom. The summed E-state index contributed by atoms with van der Waals surface area (Å²) in [6, 6.07) is 3.31. The van der Waals surface area contributed by atoms with Gasteiger partial charge in [-0.25, -0.2) is 8.78 Å². The third-order valence-corrected chi connectivity index (χ3v) is 3.00. The number of hydrogen-bond donors (Lipinski definition) is 2. The molecule has 0 spiro atoms. The number of amides is 1. The van der Waals surface area contributed by atoms with Gasteiger partial charge in [-0.2, -0.15) is 0 Å². The second-order valence-corrected chi connectivity index (χ2v) is 4.25. The van der Waals surface area contributed by atoms with Gasteiger partial charge in [0.2, 0.25) is 5.91 Å². The molecular weight excluding hydrogens is 238 g/mol. The lowest BCUT2D eigenvalue weighted by atomic mass is 10.0. The van der Waals surface area contributed by atoms with E-state index in [1.54, 1.807) is 6.92 Å². The van der Waals surface area contributed by atoms with Gasteiger partial charge in [0.05, 0.1) is 0 Å². The van der Waals surface area contributed by atoms with Crippen molar-refractivity contribution >= 4 is 5.91 Å². The molecule has 0 radical (unpaired) electrons. The zero-order chi connectivity index (χ0) is 13.1. The fraction of sp³-hybridized carbons (Fsp3) is 0.308. The van der Waals surface area contributed by atoms with Crippen LogP contribution in [0, 0.1) is 11.6 Å². The summed E-state index contributed by atoms with van der Waals surface area (Å²) in [5.74, 6) is -1.48. The number of nitrogens with one attached hydrogen (secondary N) is 2. The van der Waals surface area contributed by atoms with Crippen molar-refractivity contribution in [1.82, 2.24) is 10.6 Å². The van der Waals surface area contributed by atoms with Crippen LogP contribution in [-0.4, -0.2) is 19.0 Å². The fourth-order valence-electron chi connectivity index (χ4n) is 1.65. The zero-order valence-corrected chi connectivity index (χ0v) is 10.0. The summed E-state index contributed by atoms with van der Waals surface area (Å²) in [5, 5.41) is 5.67. The van der Waals surface area contributed by atoms with E-state index in [0.29, 0.717) is 5.57 Å². The molecule has 5 heteroatoms. The van der Waals surface area contributed by atoms with Crippen LogP contribution in [0.4, 0.5) is 8.78 Å². The van der Waals surface area contributed by atoms with E-state index in [4.69, 9.17) is 0 Å². The van der Waals surface area contributed by atoms with Gasteiger partial charge in [0.1, 0.15) is 11.6 Å². The van der Waals surface area contributed by atoms with E-state index in [1.165, 1.54) is 12.1 Å². The fourth-order valence-corrected chi connectivity index (χ4v) is 1.65. The molecule has 1 saturated heterocycles. The van der Waals surface area contributed by atoms with Crippen molar-refractivity contribution in [2.45, 2.75) is 13.5 Å². The molecule has 0 aromatic heterocycles. The van der Waals surface area contributed by atoms with Crippen molar-refractivity contribution in [2.75, 3.05) is 13.1 Å². The maximum Gasteiger partial charge on any atom is 0.247 e. The Morgan fingerprint density at radius 2 is 2.11 bits per heavy atom.